The molecule has 0 fully saturated rings. The second-order valence-electron chi connectivity index (χ2n) is 17.4. The number of aryl methyl sites for hydroxylation is 1. The fourth-order valence-corrected chi connectivity index (χ4v) is 11.3. The SMILES string of the molecule is CCC1(CC)CCc2ccc(-c3cc4c5c(c3)c3c6c(ccc3n5-c3ccccc3C4(C)C)-c3ccccc3C6(C)C)cc2-c2c3ccccc3cc[n+]21. The zero-order valence-electron chi connectivity index (χ0n) is 32.3. The van der Waals surface area contributed by atoms with Gasteiger partial charge in [-0.1, -0.05) is 120 Å². The number of hydrogen-bond donors (Lipinski definition) is 0. The Morgan fingerprint density at radius 2 is 1.37 bits per heavy atom. The van der Waals surface area contributed by atoms with Crippen LogP contribution in [-0.2, 0) is 22.8 Å². The number of hydrogen-bond acceptors (Lipinski definition) is 0. The number of fused-ring (bicyclic) bond motifs is 14. The molecule has 0 unspecified atom stereocenters. The van der Waals surface area contributed by atoms with E-state index in [4.69, 9.17) is 0 Å². The van der Waals surface area contributed by atoms with Crippen molar-refractivity contribution in [1.82, 2.24) is 4.57 Å². The Bertz CT molecular complexity index is 2910. The molecule has 3 aliphatic rings. The number of pyridine rings is 1. The molecule has 0 N–H and O–H groups in total. The van der Waals surface area contributed by atoms with Gasteiger partial charge in [-0.25, -0.2) is 0 Å². The van der Waals surface area contributed by atoms with Crippen molar-refractivity contribution in [3.8, 4) is 39.2 Å². The highest BCUT2D eigenvalue weighted by atomic mass is 15.1. The highest BCUT2D eigenvalue weighted by Crippen LogP contribution is 2.56. The summed E-state index contributed by atoms with van der Waals surface area (Å²) in [5.74, 6) is 0. The van der Waals surface area contributed by atoms with Crippen molar-refractivity contribution in [3.63, 3.8) is 0 Å². The van der Waals surface area contributed by atoms with Crippen molar-refractivity contribution in [2.24, 2.45) is 0 Å². The van der Waals surface area contributed by atoms with E-state index in [1.165, 1.54) is 99.6 Å². The first-order chi connectivity index (χ1) is 26.2. The van der Waals surface area contributed by atoms with E-state index in [0.717, 1.165) is 25.7 Å². The second kappa shape index (κ2) is 10.8. The van der Waals surface area contributed by atoms with E-state index >= 15 is 0 Å². The van der Waals surface area contributed by atoms with Gasteiger partial charge in [0.15, 0.2) is 11.7 Å². The molecule has 264 valence electrons. The molecule has 2 aromatic heterocycles. The van der Waals surface area contributed by atoms with Crippen LogP contribution in [0.4, 0.5) is 0 Å². The summed E-state index contributed by atoms with van der Waals surface area (Å²) in [5, 5.41) is 5.41. The predicted molar refractivity (Wildman–Crippen MR) is 226 cm³/mol. The van der Waals surface area contributed by atoms with Gasteiger partial charge in [-0.2, -0.15) is 4.57 Å². The van der Waals surface area contributed by atoms with Crippen molar-refractivity contribution in [2.75, 3.05) is 0 Å². The maximum Gasteiger partial charge on any atom is 0.221 e. The lowest BCUT2D eigenvalue weighted by Crippen LogP contribution is -2.56. The van der Waals surface area contributed by atoms with E-state index in [-0.39, 0.29) is 16.4 Å². The predicted octanol–water partition coefficient (Wildman–Crippen LogP) is 13.0. The normalized spacial score (nSPS) is 16.8. The van der Waals surface area contributed by atoms with Crippen molar-refractivity contribution in [1.29, 1.82) is 0 Å². The third kappa shape index (κ3) is 3.94. The molecular formula is C52H47N2+. The molecule has 11 rings (SSSR count). The fraction of sp³-hybridized carbons (Fsp3) is 0.250. The number of rotatable bonds is 3. The van der Waals surface area contributed by atoms with Gasteiger partial charge in [0.05, 0.1) is 27.7 Å². The molecule has 2 aliphatic heterocycles. The molecule has 0 atom stereocenters. The van der Waals surface area contributed by atoms with Crippen LogP contribution in [0.25, 0.3) is 71.8 Å². The maximum atomic E-state index is 2.66. The van der Waals surface area contributed by atoms with Crippen molar-refractivity contribution in [3.05, 3.63) is 155 Å². The van der Waals surface area contributed by atoms with Crippen LogP contribution >= 0.6 is 0 Å². The Balaban J connectivity index is 1.24. The first-order valence-electron chi connectivity index (χ1n) is 20.1. The van der Waals surface area contributed by atoms with E-state index in [2.05, 4.69) is 178 Å². The summed E-state index contributed by atoms with van der Waals surface area (Å²) >= 11 is 0. The lowest BCUT2D eigenvalue weighted by Gasteiger charge is -2.35. The van der Waals surface area contributed by atoms with E-state index in [1.807, 2.05) is 0 Å². The minimum Gasteiger partial charge on any atom is -0.309 e. The Morgan fingerprint density at radius 3 is 2.20 bits per heavy atom. The summed E-state index contributed by atoms with van der Waals surface area (Å²) in [6, 6.07) is 46.8. The Morgan fingerprint density at radius 1 is 0.611 bits per heavy atom. The van der Waals surface area contributed by atoms with E-state index in [9.17, 15) is 0 Å². The molecule has 0 saturated heterocycles. The van der Waals surface area contributed by atoms with Crippen LogP contribution < -0.4 is 4.57 Å². The molecule has 0 bridgehead atoms. The quantitative estimate of drug-likeness (QED) is 0.162. The van der Waals surface area contributed by atoms with E-state index < -0.39 is 0 Å². The van der Waals surface area contributed by atoms with Crippen LogP contribution in [0.15, 0.2) is 128 Å². The first kappa shape index (κ1) is 32.0. The summed E-state index contributed by atoms with van der Waals surface area (Å²) in [7, 11) is 0. The lowest BCUT2D eigenvalue weighted by atomic mass is 9.73. The number of benzene rings is 6. The molecule has 4 heterocycles. The topological polar surface area (TPSA) is 8.81 Å². The van der Waals surface area contributed by atoms with Gasteiger partial charge < -0.3 is 4.57 Å². The van der Waals surface area contributed by atoms with Crippen LogP contribution in [0.3, 0.4) is 0 Å². The minimum atomic E-state index is -0.178. The average molecular weight is 700 g/mol. The van der Waals surface area contributed by atoms with Crippen molar-refractivity contribution >= 4 is 32.6 Å². The average Bonchev–Trinajstić information content (AvgIpc) is 3.59. The largest absolute Gasteiger partial charge is 0.309 e. The van der Waals surface area contributed by atoms with E-state index in [1.54, 1.807) is 0 Å². The fourth-order valence-electron chi connectivity index (χ4n) is 11.3. The molecule has 6 aromatic carbocycles. The molecule has 2 nitrogen and oxygen atoms in total. The summed E-state index contributed by atoms with van der Waals surface area (Å²) in [4.78, 5) is 0. The van der Waals surface area contributed by atoms with Crippen LogP contribution in [0.2, 0.25) is 0 Å². The van der Waals surface area contributed by atoms with Crippen LogP contribution in [0.5, 0.6) is 0 Å². The zero-order chi connectivity index (χ0) is 36.7. The zero-order valence-corrected chi connectivity index (χ0v) is 32.3. The highest BCUT2D eigenvalue weighted by Gasteiger charge is 2.43. The van der Waals surface area contributed by atoms with E-state index in [0.29, 0.717) is 0 Å². The maximum absolute atomic E-state index is 2.66. The number of aromatic nitrogens is 2. The summed E-state index contributed by atoms with van der Waals surface area (Å²) in [6.07, 6.45) is 6.85. The molecule has 0 saturated carbocycles. The Hall–Kier alpha value is -5.47. The summed E-state index contributed by atoms with van der Waals surface area (Å²) in [6.45, 7) is 14.5. The van der Waals surface area contributed by atoms with Gasteiger partial charge in [-0.05, 0) is 98.3 Å². The molecule has 0 spiro atoms. The molecule has 8 aromatic rings. The van der Waals surface area contributed by atoms with Gasteiger partial charge in [-0.15, -0.1) is 0 Å². The minimum absolute atomic E-state index is 0.0889. The smallest absolute Gasteiger partial charge is 0.221 e. The van der Waals surface area contributed by atoms with Crippen molar-refractivity contribution < 1.29 is 4.57 Å². The van der Waals surface area contributed by atoms with Crippen LogP contribution in [0, 0.1) is 0 Å². The lowest BCUT2D eigenvalue weighted by molar-refractivity contribution is -0.756. The first-order valence-corrected chi connectivity index (χ1v) is 20.1. The molecule has 2 heteroatoms. The molecule has 0 amide bonds. The summed E-state index contributed by atoms with van der Waals surface area (Å²) in [5.41, 5.74) is 19.0. The standard InChI is InChI=1S/C52H47N2/c1-7-52(8-2)27-25-33-21-22-34(29-39(33)48-36-16-10-9-15-32(36)26-28-53(48)52)35-30-40-46-45(24-23-38-37-17-11-12-18-41(37)51(5,6)47(38)46)54-44-20-14-13-19-42(44)50(3,4)43(31-35)49(40)54/h9-24,26,28-31H,7-8,25,27H2,1-6H3/q+1. The Kier molecular flexibility index (Phi) is 6.41. The molecular weight excluding hydrogens is 653 g/mol. The van der Waals surface area contributed by atoms with Gasteiger partial charge in [0.25, 0.3) is 0 Å². The monoisotopic (exact) mass is 699 g/mol. The molecule has 54 heavy (non-hydrogen) atoms. The highest BCUT2D eigenvalue weighted by molar-refractivity contribution is 6.17. The van der Waals surface area contributed by atoms with Gasteiger partial charge in [0.1, 0.15) is 0 Å². The van der Waals surface area contributed by atoms with Crippen molar-refractivity contribution in [2.45, 2.75) is 83.6 Å². The number of para-hydroxylation sites is 1. The van der Waals surface area contributed by atoms with Gasteiger partial charge >= 0.3 is 0 Å². The summed E-state index contributed by atoms with van der Waals surface area (Å²) < 4.78 is 5.25. The Labute approximate surface area is 318 Å². The van der Waals surface area contributed by atoms with Gasteiger partial charge in [-0.3, -0.25) is 0 Å². The van der Waals surface area contributed by atoms with Crippen LogP contribution in [0.1, 0.15) is 88.6 Å². The third-order valence-electron chi connectivity index (χ3n) is 14.3. The molecule has 0 radical (unpaired) electrons. The van der Waals surface area contributed by atoms with Gasteiger partial charge in [0, 0.05) is 46.9 Å². The molecule has 1 aliphatic carbocycles. The number of nitrogens with zero attached hydrogens (tertiary/aromatic N) is 2. The third-order valence-corrected chi connectivity index (χ3v) is 14.3. The van der Waals surface area contributed by atoms with Gasteiger partial charge in [0.2, 0.25) is 5.69 Å². The van der Waals surface area contributed by atoms with Crippen LogP contribution in [-0.4, -0.2) is 4.57 Å². The second-order valence-corrected chi connectivity index (χ2v) is 17.4.